The second-order valence-electron chi connectivity index (χ2n) is 2.66. The topological polar surface area (TPSA) is 0 Å². The molecule has 0 unspecified atom stereocenters. The summed E-state index contributed by atoms with van der Waals surface area (Å²) in [4.78, 5) is 0. The Kier molecular flexibility index (Phi) is 5.14. The van der Waals surface area contributed by atoms with E-state index in [1.54, 1.807) is 5.92 Å². The highest BCUT2D eigenvalue weighted by Gasteiger charge is 1.79. The lowest BCUT2D eigenvalue weighted by molar-refractivity contribution is 0.677. The van der Waals surface area contributed by atoms with Crippen LogP contribution in [0.2, 0.25) is 0 Å². The molecular weight excluding hydrogens is 96.1 g/mol. The van der Waals surface area contributed by atoms with Crippen molar-refractivity contribution in [1.82, 2.24) is 0 Å². The van der Waals surface area contributed by atoms with Crippen molar-refractivity contribution < 1.29 is 0 Å². The van der Waals surface area contributed by atoms with Gasteiger partial charge in [0.25, 0.3) is 0 Å². The summed E-state index contributed by atoms with van der Waals surface area (Å²) in [6.07, 6.45) is 5.45. The minimum Gasteiger partial charge on any atom is -0.320 e. The van der Waals surface area contributed by atoms with E-state index in [1.165, 1.54) is 25.7 Å². The minimum atomic E-state index is 1.33. The Balaban J connectivity index is 2.72. The summed E-state index contributed by atoms with van der Waals surface area (Å²) in [7, 11) is 0. The predicted molar refractivity (Wildman–Crippen MR) is 38.7 cm³/mol. The van der Waals surface area contributed by atoms with E-state index < -0.39 is 0 Å². The highest BCUT2D eigenvalue weighted by atomic mass is 14.0. The fourth-order valence-corrected chi connectivity index (χ4v) is 0.729. The molecule has 0 N–H and O–H groups in total. The molecule has 0 aromatic carbocycles. The molecule has 0 heterocycles. The largest absolute Gasteiger partial charge is 0.320 e. The standard InChI is InChI=1S/C8H17/c1-4-5-6-7-8(2)3/h4-7H2,1-3H3/q-1. The van der Waals surface area contributed by atoms with Crippen LogP contribution in [0.4, 0.5) is 0 Å². The highest BCUT2D eigenvalue weighted by Crippen LogP contribution is 2.08. The van der Waals surface area contributed by atoms with Crippen LogP contribution >= 0.6 is 0 Å². The molecule has 0 aliphatic heterocycles. The molecule has 0 bridgehead atoms. The maximum absolute atomic E-state index is 2.24. The summed E-state index contributed by atoms with van der Waals surface area (Å²) in [5, 5.41) is 0. The first kappa shape index (κ1) is 8.00. The highest BCUT2D eigenvalue weighted by molar-refractivity contribution is 4.75. The summed E-state index contributed by atoms with van der Waals surface area (Å²) >= 11 is 0. The van der Waals surface area contributed by atoms with Crippen molar-refractivity contribution in [2.24, 2.45) is 0 Å². The molecule has 0 aromatic heterocycles. The van der Waals surface area contributed by atoms with E-state index in [0.717, 1.165) is 0 Å². The monoisotopic (exact) mass is 113 g/mol. The Morgan fingerprint density at radius 1 is 1.12 bits per heavy atom. The zero-order valence-electron chi connectivity index (χ0n) is 6.33. The SMILES string of the molecule is CCCCC[C-](C)C. The first-order valence-corrected chi connectivity index (χ1v) is 3.56. The first-order valence-electron chi connectivity index (χ1n) is 3.56. The third-order valence-electron chi connectivity index (χ3n) is 1.28. The lowest BCUT2D eigenvalue weighted by Gasteiger charge is -2.14. The van der Waals surface area contributed by atoms with Crippen LogP contribution in [0.15, 0.2) is 0 Å². The van der Waals surface area contributed by atoms with Crippen molar-refractivity contribution in [3.63, 3.8) is 0 Å². The van der Waals surface area contributed by atoms with Gasteiger partial charge in [-0.3, -0.25) is 0 Å². The van der Waals surface area contributed by atoms with Crippen molar-refractivity contribution in [3.8, 4) is 0 Å². The van der Waals surface area contributed by atoms with Crippen molar-refractivity contribution in [3.05, 3.63) is 5.92 Å². The molecule has 0 spiro atoms. The molecule has 8 heavy (non-hydrogen) atoms. The van der Waals surface area contributed by atoms with Crippen LogP contribution in [-0.4, -0.2) is 0 Å². The minimum absolute atomic E-state index is 1.33. The van der Waals surface area contributed by atoms with E-state index in [2.05, 4.69) is 20.8 Å². The van der Waals surface area contributed by atoms with Crippen LogP contribution in [0.5, 0.6) is 0 Å². The smallest absolute Gasteiger partial charge is 0.0560 e. The van der Waals surface area contributed by atoms with Crippen LogP contribution in [0.3, 0.4) is 0 Å². The van der Waals surface area contributed by atoms with E-state index >= 15 is 0 Å². The Morgan fingerprint density at radius 3 is 2.12 bits per heavy atom. The normalized spacial score (nSPS) is 10.5. The Labute approximate surface area is 53.3 Å². The molecule has 50 valence electrons. The quantitative estimate of drug-likeness (QED) is 0.388. The van der Waals surface area contributed by atoms with Crippen LogP contribution < -0.4 is 0 Å². The lowest BCUT2D eigenvalue weighted by atomic mass is 10.1. The molecule has 0 aliphatic rings. The van der Waals surface area contributed by atoms with Gasteiger partial charge in [0.05, 0.1) is 0 Å². The van der Waals surface area contributed by atoms with E-state index in [1.807, 2.05) is 0 Å². The summed E-state index contributed by atoms with van der Waals surface area (Å²) in [6, 6.07) is 0. The number of unbranched alkanes of at least 4 members (excludes halogenated alkanes) is 2. The van der Waals surface area contributed by atoms with Gasteiger partial charge in [0.15, 0.2) is 0 Å². The maximum atomic E-state index is 2.24. The van der Waals surface area contributed by atoms with Gasteiger partial charge in [-0.1, -0.05) is 26.2 Å². The van der Waals surface area contributed by atoms with Crippen molar-refractivity contribution in [1.29, 1.82) is 0 Å². The molecule has 0 atom stereocenters. The van der Waals surface area contributed by atoms with E-state index in [0.29, 0.717) is 0 Å². The van der Waals surface area contributed by atoms with Crippen LogP contribution in [-0.2, 0) is 0 Å². The molecule has 0 heteroatoms. The Bertz CT molecular complexity index is 37.3. The summed E-state index contributed by atoms with van der Waals surface area (Å²) in [5.74, 6) is 1.57. The predicted octanol–water partition coefficient (Wildman–Crippen LogP) is 3.18. The summed E-state index contributed by atoms with van der Waals surface area (Å²) < 4.78 is 0. The Morgan fingerprint density at radius 2 is 1.75 bits per heavy atom. The average Bonchev–Trinajstić information content (AvgIpc) is 1.66. The molecule has 0 saturated heterocycles. The summed E-state index contributed by atoms with van der Waals surface area (Å²) in [5.41, 5.74) is 0. The fraction of sp³-hybridized carbons (Fsp3) is 0.875. The van der Waals surface area contributed by atoms with Gasteiger partial charge in [0.2, 0.25) is 0 Å². The number of rotatable bonds is 4. The molecule has 0 fully saturated rings. The van der Waals surface area contributed by atoms with E-state index in [4.69, 9.17) is 0 Å². The molecular formula is C8H17-. The zero-order chi connectivity index (χ0) is 6.41. The van der Waals surface area contributed by atoms with Crippen LogP contribution in [0, 0.1) is 5.92 Å². The summed E-state index contributed by atoms with van der Waals surface area (Å²) in [6.45, 7) is 6.65. The van der Waals surface area contributed by atoms with Gasteiger partial charge in [-0.05, 0) is 0 Å². The van der Waals surface area contributed by atoms with Crippen molar-refractivity contribution in [2.45, 2.75) is 46.5 Å². The lowest BCUT2D eigenvalue weighted by Crippen LogP contribution is -1.82. The number of hydrogen-bond donors (Lipinski definition) is 0. The van der Waals surface area contributed by atoms with Gasteiger partial charge in [0.1, 0.15) is 0 Å². The van der Waals surface area contributed by atoms with Gasteiger partial charge in [0, 0.05) is 0 Å². The third-order valence-corrected chi connectivity index (χ3v) is 1.28. The first-order chi connectivity index (χ1) is 3.77. The van der Waals surface area contributed by atoms with Gasteiger partial charge in [-0.15, -0.1) is 0 Å². The third kappa shape index (κ3) is 6.00. The molecule has 0 saturated carbocycles. The second-order valence-corrected chi connectivity index (χ2v) is 2.66. The molecule has 0 nitrogen and oxygen atoms in total. The molecule has 0 aromatic rings. The van der Waals surface area contributed by atoms with Gasteiger partial charge >= 0.3 is 0 Å². The van der Waals surface area contributed by atoms with E-state index in [-0.39, 0.29) is 0 Å². The van der Waals surface area contributed by atoms with Gasteiger partial charge in [-0.2, -0.15) is 20.3 Å². The molecule has 0 amide bonds. The van der Waals surface area contributed by atoms with Crippen molar-refractivity contribution >= 4 is 0 Å². The van der Waals surface area contributed by atoms with E-state index in [9.17, 15) is 0 Å². The van der Waals surface area contributed by atoms with Crippen LogP contribution in [0.1, 0.15) is 46.5 Å². The molecule has 0 aliphatic carbocycles. The molecule has 0 radical (unpaired) electrons. The maximum Gasteiger partial charge on any atom is -0.0560 e. The molecule has 0 rings (SSSR count). The van der Waals surface area contributed by atoms with Gasteiger partial charge < -0.3 is 5.92 Å². The zero-order valence-corrected chi connectivity index (χ0v) is 6.33. The van der Waals surface area contributed by atoms with Crippen molar-refractivity contribution in [2.75, 3.05) is 0 Å². The Hall–Kier alpha value is 0. The van der Waals surface area contributed by atoms with Gasteiger partial charge in [-0.25, -0.2) is 0 Å². The average molecular weight is 113 g/mol. The van der Waals surface area contributed by atoms with Crippen LogP contribution in [0.25, 0.3) is 0 Å². The fourth-order valence-electron chi connectivity index (χ4n) is 0.729. The number of hydrogen-bond acceptors (Lipinski definition) is 0. The second kappa shape index (κ2) is 5.14.